The van der Waals surface area contributed by atoms with Crippen LogP contribution in [0.2, 0.25) is 15.1 Å². The molecule has 2 amide bonds. The molecule has 0 radical (unpaired) electrons. The third-order valence-electron chi connectivity index (χ3n) is 6.58. The molecule has 0 aliphatic rings. The molecule has 1 atom stereocenters. The third kappa shape index (κ3) is 8.16. The number of halogens is 3. The number of benzene rings is 3. The van der Waals surface area contributed by atoms with E-state index in [-0.39, 0.29) is 29.0 Å². The molecule has 3 aromatic rings. The summed E-state index contributed by atoms with van der Waals surface area (Å²) in [7, 11) is -4.20. The second-order valence-corrected chi connectivity index (χ2v) is 13.4. The molecule has 0 spiro atoms. The lowest BCUT2D eigenvalue weighted by molar-refractivity contribution is -0.139. The highest BCUT2D eigenvalue weighted by atomic mass is 35.5. The van der Waals surface area contributed by atoms with Crippen molar-refractivity contribution in [2.75, 3.05) is 17.4 Å². The van der Waals surface area contributed by atoms with E-state index in [4.69, 9.17) is 34.8 Å². The number of carbonyl (C=O) groups is 2. The van der Waals surface area contributed by atoms with Gasteiger partial charge in [-0.15, -0.1) is 0 Å². The second-order valence-electron chi connectivity index (χ2n) is 10.3. The van der Waals surface area contributed by atoms with Gasteiger partial charge in [0.2, 0.25) is 11.8 Å². The summed E-state index contributed by atoms with van der Waals surface area (Å²) in [5, 5.41) is 3.86. The summed E-state index contributed by atoms with van der Waals surface area (Å²) in [5.74, 6) is -0.747. The third-order valence-corrected chi connectivity index (χ3v) is 9.51. The Labute approximate surface area is 257 Å². The van der Waals surface area contributed by atoms with E-state index >= 15 is 0 Å². The van der Waals surface area contributed by atoms with E-state index in [9.17, 15) is 18.0 Å². The van der Waals surface area contributed by atoms with Gasteiger partial charge in [0.05, 0.1) is 20.6 Å². The monoisotopic (exact) mass is 637 g/mol. The van der Waals surface area contributed by atoms with Gasteiger partial charge in [-0.2, -0.15) is 0 Å². The molecule has 0 unspecified atom stereocenters. The van der Waals surface area contributed by atoms with Crippen molar-refractivity contribution in [3.63, 3.8) is 0 Å². The van der Waals surface area contributed by atoms with E-state index < -0.39 is 28.5 Å². The number of anilines is 1. The van der Waals surface area contributed by atoms with Crippen molar-refractivity contribution in [1.82, 2.24) is 10.2 Å². The minimum atomic E-state index is -4.20. The Morgan fingerprint density at radius 1 is 0.878 bits per heavy atom. The molecular weight excluding hydrogens is 605 g/mol. The van der Waals surface area contributed by atoms with Crippen LogP contribution in [0, 0.1) is 19.8 Å². The van der Waals surface area contributed by atoms with Gasteiger partial charge in [0, 0.05) is 18.1 Å². The Hall–Kier alpha value is -2.78. The van der Waals surface area contributed by atoms with E-state index in [2.05, 4.69) is 5.32 Å². The first kappa shape index (κ1) is 32.7. The van der Waals surface area contributed by atoms with Gasteiger partial charge in [-0.25, -0.2) is 8.42 Å². The van der Waals surface area contributed by atoms with Crippen LogP contribution in [0.15, 0.2) is 65.6 Å². The average molecular weight is 639 g/mol. The molecule has 220 valence electrons. The summed E-state index contributed by atoms with van der Waals surface area (Å²) in [4.78, 5) is 28.5. The Kier molecular flexibility index (Phi) is 11.1. The highest BCUT2D eigenvalue weighted by molar-refractivity contribution is 7.92. The predicted octanol–water partition coefficient (Wildman–Crippen LogP) is 6.65. The zero-order valence-electron chi connectivity index (χ0n) is 23.6. The maximum absolute atomic E-state index is 14.0. The Balaban J connectivity index is 2.07. The van der Waals surface area contributed by atoms with Crippen LogP contribution < -0.4 is 9.62 Å². The number of hydrogen-bond donors (Lipinski definition) is 1. The molecule has 3 rings (SSSR count). The fourth-order valence-electron chi connectivity index (χ4n) is 4.09. The minimum Gasteiger partial charge on any atom is -0.354 e. The molecule has 11 heteroatoms. The van der Waals surface area contributed by atoms with E-state index in [1.165, 1.54) is 17.0 Å². The van der Waals surface area contributed by atoms with Crippen molar-refractivity contribution in [3.05, 3.63) is 92.4 Å². The highest BCUT2D eigenvalue weighted by Crippen LogP contribution is 2.31. The van der Waals surface area contributed by atoms with Crippen LogP contribution >= 0.6 is 34.8 Å². The number of nitrogens with one attached hydrogen (secondary N) is 1. The van der Waals surface area contributed by atoms with Gasteiger partial charge in [0.15, 0.2) is 0 Å². The van der Waals surface area contributed by atoms with E-state index in [0.29, 0.717) is 32.7 Å². The van der Waals surface area contributed by atoms with E-state index in [1.54, 1.807) is 62.4 Å². The summed E-state index contributed by atoms with van der Waals surface area (Å²) in [5.41, 5.74) is 2.27. The van der Waals surface area contributed by atoms with Crippen LogP contribution in [0.3, 0.4) is 0 Å². The van der Waals surface area contributed by atoms with Crippen LogP contribution in [-0.2, 0) is 26.2 Å². The van der Waals surface area contributed by atoms with Crippen LogP contribution in [0.25, 0.3) is 0 Å². The molecule has 0 bridgehead atoms. The largest absolute Gasteiger partial charge is 0.354 e. The molecule has 7 nitrogen and oxygen atoms in total. The lowest BCUT2D eigenvalue weighted by Gasteiger charge is -2.32. The first-order valence-corrected chi connectivity index (χ1v) is 15.7. The fraction of sp³-hybridized carbons (Fsp3) is 0.333. The van der Waals surface area contributed by atoms with Crippen LogP contribution in [0.4, 0.5) is 5.69 Å². The maximum atomic E-state index is 14.0. The summed E-state index contributed by atoms with van der Waals surface area (Å²) in [6.45, 7) is 8.93. The average Bonchev–Trinajstić information content (AvgIpc) is 2.92. The lowest BCUT2D eigenvalue weighted by atomic mass is 10.1. The molecule has 0 saturated heterocycles. The Bertz CT molecular complexity index is 1510. The van der Waals surface area contributed by atoms with Crippen molar-refractivity contribution < 1.29 is 18.0 Å². The topological polar surface area (TPSA) is 86.8 Å². The van der Waals surface area contributed by atoms with Gasteiger partial charge in [-0.3, -0.25) is 13.9 Å². The zero-order valence-corrected chi connectivity index (χ0v) is 26.7. The Morgan fingerprint density at radius 3 is 2.15 bits per heavy atom. The van der Waals surface area contributed by atoms with E-state index in [0.717, 1.165) is 9.87 Å². The van der Waals surface area contributed by atoms with Crippen molar-refractivity contribution in [2.24, 2.45) is 5.92 Å². The van der Waals surface area contributed by atoms with Crippen LogP contribution in [0.1, 0.15) is 37.5 Å². The fourth-order valence-corrected chi connectivity index (χ4v) is 6.05. The normalized spacial score (nSPS) is 12.2. The number of carbonyl (C=O) groups excluding carboxylic acids is 2. The van der Waals surface area contributed by atoms with Crippen molar-refractivity contribution >= 4 is 62.3 Å². The Morgan fingerprint density at radius 2 is 1.54 bits per heavy atom. The first-order chi connectivity index (χ1) is 19.2. The van der Waals surface area contributed by atoms with Crippen molar-refractivity contribution in [2.45, 2.75) is 52.1 Å². The number of hydrogen-bond acceptors (Lipinski definition) is 4. The van der Waals surface area contributed by atoms with Gasteiger partial charge in [0.1, 0.15) is 12.6 Å². The molecule has 0 heterocycles. The smallest absolute Gasteiger partial charge is 0.264 e. The summed E-state index contributed by atoms with van der Waals surface area (Å²) in [6, 6.07) is 15.3. The summed E-state index contributed by atoms with van der Waals surface area (Å²) < 4.78 is 29.0. The molecule has 41 heavy (non-hydrogen) atoms. The number of nitrogens with zero attached hydrogens (tertiary/aromatic N) is 2. The molecule has 0 saturated carbocycles. The SMILES string of the molecule is Cc1ccc(S(=O)(=O)N(CC(=O)N(Cc2ccc(Cl)c(Cl)c2)[C@H](C)C(=O)NCC(C)C)c2cccc(Cl)c2C)cc1. The van der Waals surface area contributed by atoms with Gasteiger partial charge >= 0.3 is 0 Å². The highest BCUT2D eigenvalue weighted by Gasteiger charge is 2.33. The summed E-state index contributed by atoms with van der Waals surface area (Å²) in [6.07, 6.45) is 0. The quantitative estimate of drug-likeness (QED) is 0.255. The second kappa shape index (κ2) is 13.9. The van der Waals surface area contributed by atoms with Crippen molar-refractivity contribution in [1.29, 1.82) is 0 Å². The molecule has 0 aliphatic carbocycles. The van der Waals surface area contributed by atoms with Gasteiger partial charge in [0.25, 0.3) is 10.0 Å². The van der Waals surface area contributed by atoms with E-state index in [1.807, 2.05) is 20.8 Å². The van der Waals surface area contributed by atoms with Crippen LogP contribution in [0.5, 0.6) is 0 Å². The number of sulfonamides is 1. The zero-order chi connectivity index (χ0) is 30.5. The lowest BCUT2D eigenvalue weighted by Crippen LogP contribution is -2.51. The molecule has 0 aromatic heterocycles. The van der Waals surface area contributed by atoms with Crippen molar-refractivity contribution in [3.8, 4) is 0 Å². The first-order valence-electron chi connectivity index (χ1n) is 13.1. The summed E-state index contributed by atoms with van der Waals surface area (Å²) >= 11 is 18.7. The molecule has 3 aromatic carbocycles. The van der Waals surface area contributed by atoms with Gasteiger partial charge < -0.3 is 10.2 Å². The van der Waals surface area contributed by atoms with Gasteiger partial charge in [-0.05, 0) is 74.2 Å². The van der Waals surface area contributed by atoms with Gasteiger partial charge in [-0.1, -0.05) is 78.5 Å². The number of rotatable bonds is 11. The maximum Gasteiger partial charge on any atom is 0.264 e. The van der Waals surface area contributed by atoms with Crippen LogP contribution in [-0.4, -0.2) is 44.3 Å². The standard InChI is InChI=1S/C30H34Cl3N3O4S/c1-19(2)16-34-30(38)22(5)35(17-23-11-14-26(32)27(33)15-23)29(37)18-36(28-8-6-7-25(31)21(28)4)41(39,40)24-12-9-20(3)10-13-24/h6-15,19,22H,16-18H2,1-5H3,(H,34,38)/t22-/m1/s1. The molecule has 0 fully saturated rings. The molecule has 0 aliphatic heterocycles. The minimum absolute atomic E-state index is 0.00106. The number of amides is 2. The predicted molar refractivity (Wildman–Crippen MR) is 166 cm³/mol. The number of aryl methyl sites for hydroxylation is 1. The molecule has 1 N–H and O–H groups in total. The molecular formula is C30H34Cl3N3O4S.